The third kappa shape index (κ3) is 3.02. The molecular formula is C59H39NO3. The predicted octanol–water partition coefficient (Wildman–Crippen LogP) is 11.3. The largest absolute Gasteiger partial charge is 0.379 e. The zero-order valence-electron chi connectivity index (χ0n) is 35.0. The molecule has 0 bridgehead atoms. The highest BCUT2D eigenvalue weighted by Crippen LogP contribution is 2.70. The molecule has 0 N–H and O–H groups in total. The van der Waals surface area contributed by atoms with Gasteiger partial charge in [-0.2, -0.15) is 0 Å². The topological polar surface area (TPSA) is 30.9 Å². The van der Waals surface area contributed by atoms with E-state index in [4.69, 9.17) is 14.2 Å². The van der Waals surface area contributed by atoms with Gasteiger partial charge in [-0.25, -0.2) is 0 Å². The number of rotatable bonds is 11. The Kier molecular flexibility index (Phi) is 5.02. The average molecular weight is 810 g/mol. The molecule has 4 aliphatic carbocycles. The molecule has 0 aromatic heterocycles. The standard InChI is InChI=1S/C59H39NO3/c1-2-61-12-13-63-15-14-62-11-10-60-24-36-35-22-31-20-28-18-29-17-26-16-27-19-30-21-32-23-59(36,58(60)34-9-5-7-25-6-3-4-8-33(25)34)57-43(32)48-42(30)47-38(27)37(26)45-41(29)46-39(28)40(31)49-44(35)56(57)55-53(48)51(47)50(45)52(46)54(49)55/h3-9,16-19,21,36,58H,2,10-15,20,22-24H2,1H3. The molecule has 1 aliphatic heterocycles. The van der Waals surface area contributed by atoms with Crippen LogP contribution in [0.5, 0.6) is 0 Å². The number of hydrogen-bond acceptors (Lipinski definition) is 4. The molecule has 0 radical (unpaired) electrons. The maximum absolute atomic E-state index is 6.48. The summed E-state index contributed by atoms with van der Waals surface area (Å²) in [7, 11) is 0. The van der Waals surface area contributed by atoms with E-state index in [1.807, 2.05) is 6.92 Å². The summed E-state index contributed by atoms with van der Waals surface area (Å²) in [6.07, 6.45) is 3.27. The highest BCUT2D eigenvalue weighted by Gasteiger charge is 2.62. The average Bonchev–Trinajstić information content (AvgIpc) is 4.16. The van der Waals surface area contributed by atoms with Crippen LogP contribution in [0.25, 0.3) is 140 Å². The number of fused-ring (bicyclic) bond motifs is 2. The highest BCUT2D eigenvalue weighted by molar-refractivity contribution is 6.63. The predicted molar refractivity (Wildman–Crippen MR) is 259 cm³/mol. The highest BCUT2D eigenvalue weighted by atomic mass is 16.5. The van der Waals surface area contributed by atoms with Gasteiger partial charge in [-0.3, -0.25) is 4.90 Å². The minimum atomic E-state index is -0.105. The Hall–Kier alpha value is -5.88. The van der Waals surface area contributed by atoms with Gasteiger partial charge in [-0.05, 0) is 206 Å². The van der Waals surface area contributed by atoms with Crippen molar-refractivity contribution in [2.75, 3.05) is 52.7 Å². The SMILES string of the molecule is CCOCCOCCOCCN1CC2C3=c4c5c6c7c(cc8cc9cc%10cc%11cc%12c%13c(c4c4c5c5c7c8c7c9c%10c8c%11c%13c4c8c75)=C(C3)C%12)CC62C1c1cccc2ccccc12. The van der Waals surface area contributed by atoms with Crippen molar-refractivity contribution in [3.05, 3.63) is 105 Å². The van der Waals surface area contributed by atoms with Crippen LogP contribution in [0.3, 0.4) is 0 Å². The van der Waals surface area contributed by atoms with Gasteiger partial charge >= 0.3 is 0 Å². The molecule has 1 spiro atoms. The first-order chi connectivity index (χ1) is 31.2. The second kappa shape index (κ2) is 9.92. The van der Waals surface area contributed by atoms with Gasteiger partial charge < -0.3 is 14.2 Å². The van der Waals surface area contributed by atoms with Crippen molar-refractivity contribution in [2.24, 2.45) is 5.92 Å². The molecule has 3 atom stereocenters. The Labute approximate surface area is 359 Å². The first-order valence-electron chi connectivity index (χ1n) is 23.7. The molecule has 4 heteroatoms. The van der Waals surface area contributed by atoms with Crippen LogP contribution in [-0.4, -0.2) is 57.6 Å². The van der Waals surface area contributed by atoms with Gasteiger partial charge in [0.2, 0.25) is 0 Å². The van der Waals surface area contributed by atoms with Gasteiger partial charge in [-0.1, -0.05) is 65.7 Å². The summed E-state index contributed by atoms with van der Waals surface area (Å²) in [4.78, 5) is 2.90. The van der Waals surface area contributed by atoms with Crippen LogP contribution in [0.4, 0.5) is 0 Å². The third-order valence-electron chi connectivity index (χ3n) is 18.5. The lowest BCUT2D eigenvalue weighted by atomic mass is 9.59. The van der Waals surface area contributed by atoms with Crippen molar-refractivity contribution in [3.8, 4) is 0 Å². The number of nitrogens with zero attached hydrogens (tertiary/aromatic N) is 1. The molecule has 0 saturated carbocycles. The third-order valence-corrected chi connectivity index (χ3v) is 18.5. The van der Waals surface area contributed by atoms with Gasteiger partial charge in [0, 0.05) is 37.1 Å². The summed E-state index contributed by atoms with van der Waals surface area (Å²) < 4.78 is 17.9. The molecule has 1 fully saturated rings. The minimum absolute atomic E-state index is 0.105. The number of hydrogen-bond donors (Lipinski definition) is 0. The lowest BCUT2D eigenvalue weighted by Gasteiger charge is -2.43. The molecule has 14 aromatic rings. The normalized spacial score (nSPS) is 22.0. The van der Waals surface area contributed by atoms with E-state index >= 15 is 0 Å². The van der Waals surface area contributed by atoms with Crippen molar-refractivity contribution in [3.63, 3.8) is 0 Å². The Balaban J connectivity index is 0.966. The van der Waals surface area contributed by atoms with Crippen LogP contribution in [0.2, 0.25) is 0 Å². The molecule has 3 unspecified atom stereocenters. The summed E-state index contributed by atoms with van der Waals surface area (Å²) >= 11 is 0. The number of likely N-dealkylation sites (tertiary alicyclic amines) is 1. The maximum Gasteiger partial charge on any atom is 0.0701 e. The van der Waals surface area contributed by atoms with E-state index in [9.17, 15) is 0 Å². The zero-order valence-corrected chi connectivity index (χ0v) is 35.0. The first kappa shape index (κ1) is 31.9. The second-order valence-corrected chi connectivity index (χ2v) is 20.6. The first-order valence-corrected chi connectivity index (χ1v) is 23.7. The van der Waals surface area contributed by atoms with Crippen molar-refractivity contribution in [1.82, 2.24) is 4.90 Å². The summed E-state index contributed by atoms with van der Waals surface area (Å²) in [6.45, 7) is 7.84. The molecule has 63 heavy (non-hydrogen) atoms. The molecule has 1 saturated heterocycles. The Morgan fingerprint density at radius 2 is 1.13 bits per heavy atom. The van der Waals surface area contributed by atoms with Gasteiger partial charge in [0.15, 0.2) is 0 Å². The van der Waals surface area contributed by atoms with Crippen LogP contribution >= 0.6 is 0 Å². The minimum Gasteiger partial charge on any atom is -0.379 e. The monoisotopic (exact) mass is 809 g/mol. The maximum atomic E-state index is 6.48. The Morgan fingerprint density at radius 3 is 1.90 bits per heavy atom. The van der Waals surface area contributed by atoms with Gasteiger partial charge in [0.05, 0.1) is 33.0 Å². The summed E-state index contributed by atoms with van der Waals surface area (Å²) in [5.74, 6) is 0.402. The summed E-state index contributed by atoms with van der Waals surface area (Å²) in [5.41, 5.74) is 9.72. The van der Waals surface area contributed by atoms with Crippen molar-refractivity contribution < 1.29 is 14.2 Å². The molecule has 4 nitrogen and oxygen atoms in total. The molecule has 14 aromatic carbocycles. The smallest absolute Gasteiger partial charge is 0.0701 e. The second-order valence-electron chi connectivity index (χ2n) is 20.6. The van der Waals surface area contributed by atoms with Crippen LogP contribution in [0.1, 0.15) is 41.6 Å². The molecular weight excluding hydrogens is 771 g/mol. The van der Waals surface area contributed by atoms with Gasteiger partial charge in [-0.15, -0.1) is 0 Å². The van der Waals surface area contributed by atoms with Gasteiger partial charge in [0.25, 0.3) is 0 Å². The van der Waals surface area contributed by atoms with E-state index < -0.39 is 0 Å². The fourth-order valence-electron chi connectivity index (χ4n) is 17.0. The van der Waals surface area contributed by atoms with E-state index in [1.165, 1.54) is 48.7 Å². The Morgan fingerprint density at radius 1 is 0.524 bits per heavy atom. The summed E-state index contributed by atoms with van der Waals surface area (Å²) in [6, 6.07) is 29.7. The van der Waals surface area contributed by atoms with Crippen molar-refractivity contribution in [2.45, 2.75) is 37.6 Å². The molecule has 0 amide bonds. The van der Waals surface area contributed by atoms with E-state index in [0.717, 1.165) is 39.0 Å². The van der Waals surface area contributed by atoms with Crippen molar-refractivity contribution in [1.29, 1.82) is 0 Å². The molecule has 298 valence electrons. The van der Waals surface area contributed by atoms with E-state index in [0.29, 0.717) is 39.0 Å². The lowest BCUT2D eigenvalue weighted by molar-refractivity contribution is 0.0113. The lowest BCUT2D eigenvalue weighted by Crippen LogP contribution is -2.44. The van der Waals surface area contributed by atoms with Crippen molar-refractivity contribution >= 4 is 140 Å². The Bertz CT molecular complexity index is 4480. The summed E-state index contributed by atoms with van der Waals surface area (Å²) in [5, 5.41) is 40.6. The fourth-order valence-corrected chi connectivity index (χ4v) is 17.0. The quantitative estimate of drug-likeness (QED) is 0.0962. The van der Waals surface area contributed by atoms with Crippen LogP contribution < -0.4 is 10.4 Å². The van der Waals surface area contributed by atoms with Gasteiger partial charge in [0.1, 0.15) is 0 Å². The van der Waals surface area contributed by atoms with Crippen LogP contribution in [0, 0.1) is 5.92 Å². The zero-order chi connectivity index (χ0) is 40.1. The molecule has 19 rings (SSSR count). The number of benzene rings is 10. The molecule has 1 heterocycles. The number of ether oxygens (including phenoxy) is 3. The van der Waals surface area contributed by atoms with E-state index in [1.54, 1.807) is 124 Å². The fraction of sp³-hybridized carbons (Fsp3) is 0.254. The van der Waals surface area contributed by atoms with E-state index in [2.05, 4.69) is 77.7 Å². The molecule has 5 aliphatic rings. The van der Waals surface area contributed by atoms with Crippen LogP contribution in [-0.2, 0) is 32.5 Å². The van der Waals surface area contributed by atoms with Crippen LogP contribution in [0.15, 0.2) is 72.8 Å². The van der Waals surface area contributed by atoms with E-state index in [-0.39, 0.29) is 11.5 Å².